The van der Waals surface area contributed by atoms with Crippen LogP contribution in [0.25, 0.3) is 0 Å². The smallest absolute Gasteiger partial charge is 0.238 e. The van der Waals surface area contributed by atoms with E-state index >= 15 is 0 Å². The van der Waals surface area contributed by atoms with Crippen molar-refractivity contribution < 1.29 is 9.53 Å². The second-order valence-electron chi connectivity index (χ2n) is 5.15. The highest BCUT2D eigenvalue weighted by Crippen LogP contribution is 2.14. The minimum atomic E-state index is -0.190. The van der Waals surface area contributed by atoms with Gasteiger partial charge < -0.3 is 15.0 Å². The predicted octanol–water partition coefficient (Wildman–Crippen LogP) is 2.04. The molecule has 1 rings (SSSR count). The summed E-state index contributed by atoms with van der Waals surface area (Å²) in [5, 5.41) is 3.21. The molecule has 4 nitrogen and oxygen atoms in total. The molecule has 0 aromatic heterocycles. The number of ether oxygens (including phenoxy) is 1. The van der Waals surface area contributed by atoms with Gasteiger partial charge in [0, 0.05) is 20.6 Å². The van der Waals surface area contributed by atoms with E-state index in [1.54, 1.807) is 19.0 Å². The SMILES string of the molecule is CC(C)Oc1cccc(CNC(C)C(=O)N(C)C)c1. The summed E-state index contributed by atoms with van der Waals surface area (Å²) < 4.78 is 5.64. The quantitative estimate of drug-likeness (QED) is 0.855. The summed E-state index contributed by atoms with van der Waals surface area (Å²) in [5.41, 5.74) is 1.11. The number of carbonyl (C=O) groups is 1. The van der Waals surface area contributed by atoms with Gasteiger partial charge in [-0.1, -0.05) is 12.1 Å². The van der Waals surface area contributed by atoms with E-state index in [0.717, 1.165) is 11.3 Å². The van der Waals surface area contributed by atoms with Gasteiger partial charge in [0.15, 0.2) is 0 Å². The number of hydrogen-bond donors (Lipinski definition) is 1. The van der Waals surface area contributed by atoms with Crippen LogP contribution >= 0.6 is 0 Å². The molecule has 1 N–H and O–H groups in total. The van der Waals surface area contributed by atoms with Crippen LogP contribution in [0, 0.1) is 0 Å². The number of hydrogen-bond acceptors (Lipinski definition) is 3. The molecule has 0 saturated heterocycles. The lowest BCUT2D eigenvalue weighted by Crippen LogP contribution is -2.41. The predicted molar refractivity (Wildman–Crippen MR) is 77.2 cm³/mol. The van der Waals surface area contributed by atoms with Crippen molar-refractivity contribution >= 4 is 5.91 Å². The monoisotopic (exact) mass is 264 g/mol. The largest absolute Gasteiger partial charge is 0.491 e. The number of benzene rings is 1. The third-order valence-electron chi connectivity index (χ3n) is 2.69. The Bertz CT molecular complexity index is 416. The zero-order valence-corrected chi connectivity index (χ0v) is 12.4. The fraction of sp³-hybridized carbons (Fsp3) is 0.533. The lowest BCUT2D eigenvalue weighted by Gasteiger charge is -2.18. The van der Waals surface area contributed by atoms with Gasteiger partial charge >= 0.3 is 0 Å². The summed E-state index contributed by atoms with van der Waals surface area (Å²) in [7, 11) is 3.52. The minimum absolute atomic E-state index is 0.0783. The van der Waals surface area contributed by atoms with Crippen LogP contribution in [0.15, 0.2) is 24.3 Å². The maximum atomic E-state index is 11.7. The Labute approximate surface area is 115 Å². The third-order valence-corrected chi connectivity index (χ3v) is 2.69. The molecule has 0 aliphatic rings. The van der Waals surface area contributed by atoms with Gasteiger partial charge in [0.05, 0.1) is 12.1 Å². The van der Waals surface area contributed by atoms with Crippen molar-refractivity contribution in [2.75, 3.05) is 14.1 Å². The van der Waals surface area contributed by atoms with Crippen molar-refractivity contribution in [3.63, 3.8) is 0 Å². The number of rotatable bonds is 6. The van der Waals surface area contributed by atoms with Crippen molar-refractivity contribution in [2.24, 2.45) is 0 Å². The van der Waals surface area contributed by atoms with E-state index in [1.807, 2.05) is 45.0 Å². The molecule has 1 atom stereocenters. The van der Waals surface area contributed by atoms with Crippen molar-refractivity contribution in [1.29, 1.82) is 0 Å². The second-order valence-corrected chi connectivity index (χ2v) is 5.15. The maximum absolute atomic E-state index is 11.7. The highest BCUT2D eigenvalue weighted by atomic mass is 16.5. The first-order valence-electron chi connectivity index (χ1n) is 6.60. The van der Waals surface area contributed by atoms with Gasteiger partial charge in [-0.2, -0.15) is 0 Å². The van der Waals surface area contributed by atoms with Crippen LogP contribution in [-0.4, -0.2) is 37.0 Å². The zero-order chi connectivity index (χ0) is 14.4. The normalized spacial score (nSPS) is 12.3. The highest BCUT2D eigenvalue weighted by molar-refractivity contribution is 5.80. The molecule has 19 heavy (non-hydrogen) atoms. The highest BCUT2D eigenvalue weighted by Gasteiger charge is 2.13. The Morgan fingerprint density at radius 3 is 2.58 bits per heavy atom. The molecule has 0 spiro atoms. The van der Waals surface area contributed by atoms with Crippen LogP contribution in [0.1, 0.15) is 26.3 Å². The van der Waals surface area contributed by atoms with Crippen LogP contribution in [0.3, 0.4) is 0 Å². The van der Waals surface area contributed by atoms with Gasteiger partial charge in [0.2, 0.25) is 5.91 Å². The summed E-state index contributed by atoms with van der Waals surface area (Å²) in [6.45, 7) is 6.53. The zero-order valence-electron chi connectivity index (χ0n) is 12.4. The first kappa shape index (κ1) is 15.5. The van der Waals surface area contributed by atoms with Crippen LogP contribution in [0.4, 0.5) is 0 Å². The van der Waals surface area contributed by atoms with Gasteiger partial charge in [0.25, 0.3) is 0 Å². The molecule has 4 heteroatoms. The van der Waals surface area contributed by atoms with E-state index in [1.165, 1.54) is 0 Å². The van der Waals surface area contributed by atoms with Crippen LogP contribution in [0.5, 0.6) is 5.75 Å². The Morgan fingerprint density at radius 2 is 2.00 bits per heavy atom. The van der Waals surface area contributed by atoms with E-state index in [-0.39, 0.29) is 18.1 Å². The van der Waals surface area contributed by atoms with Crippen LogP contribution in [0.2, 0.25) is 0 Å². The Balaban J connectivity index is 2.56. The van der Waals surface area contributed by atoms with Crippen LogP contribution < -0.4 is 10.1 Å². The number of nitrogens with one attached hydrogen (secondary N) is 1. The molecule has 0 heterocycles. The fourth-order valence-corrected chi connectivity index (χ4v) is 1.75. The summed E-state index contributed by atoms with van der Waals surface area (Å²) in [6.07, 6.45) is 0.164. The van der Waals surface area contributed by atoms with Gasteiger partial charge in [-0.05, 0) is 38.5 Å². The Morgan fingerprint density at radius 1 is 1.32 bits per heavy atom. The van der Waals surface area contributed by atoms with Crippen molar-refractivity contribution in [1.82, 2.24) is 10.2 Å². The fourth-order valence-electron chi connectivity index (χ4n) is 1.75. The average molecular weight is 264 g/mol. The summed E-state index contributed by atoms with van der Waals surface area (Å²) in [4.78, 5) is 13.3. The molecule has 106 valence electrons. The summed E-state index contributed by atoms with van der Waals surface area (Å²) >= 11 is 0. The first-order chi connectivity index (χ1) is 8.90. The lowest BCUT2D eigenvalue weighted by atomic mass is 10.2. The molecule has 1 aromatic carbocycles. The molecule has 0 bridgehead atoms. The molecule has 0 aliphatic carbocycles. The lowest BCUT2D eigenvalue weighted by molar-refractivity contribution is -0.130. The molecular weight excluding hydrogens is 240 g/mol. The Kier molecular flexibility index (Phi) is 5.83. The molecule has 0 fully saturated rings. The van der Waals surface area contributed by atoms with Gasteiger partial charge in [-0.15, -0.1) is 0 Å². The third kappa shape index (κ3) is 5.30. The topological polar surface area (TPSA) is 41.6 Å². The van der Waals surface area contributed by atoms with Gasteiger partial charge in [0.1, 0.15) is 5.75 Å². The molecule has 0 radical (unpaired) electrons. The number of carbonyl (C=O) groups excluding carboxylic acids is 1. The summed E-state index contributed by atoms with van der Waals surface area (Å²) in [6, 6.07) is 7.74. The minimum Gasteiger partial charge on any atom is -0.491 e. The van der Waals surface area contributed by atoms with Gasteiger partial charge in [-0.3, -0.25) is 4.79 Å². The number of amides is 1. The first-order valence-corrected chi connectivity index (χ1v) is 6.60. The molecular formula is C15H24N2O2. The molecule has 0 aliphatic heterocycles. The van der Waals surface area contributed by atoms with Crippen LogP contribution in [-0.2, 0) is 11.3 Å². The van der Waals surface area contributed by atoms with Crippen molar-refractivity contribution in [3.05, 3.63) is 29.8 Å². The second kappa shape index (κ2) is 7.14. The standard InChI is InChI=1S/C15H24N2O2/c1-11(2)19-14-8-6-7-13(9-14)10-16-12(3)15(18)17(4)5/h6-9,11-12,16H,10H2,1-5H3. The molecule has 1 unspecified atom stereocenters. The number of nitrogens with zero attached hydrogens (tertiary/aromatic N) is 1. The van der Waals surface area contributed by atoms with Crippen molar-refractivity contribution in [3.8, 4) is 5.75 Å². The molecule has 0 saturated carbocycles. The van der Waals surface area contributed by atoms with E-state index in [0.29, 0.717) is 6.54 Å². The Hall–Kier alpha value is -1.55. The maximum Gasteiger partial charge on any atom is 0.238 e. The number of likely N-dealkylation sites (N-methyl/N-ethyl adjacent to an activating group) is 1. The van der Waals surface area contributed by atoms with Crippen molar-refractivity contribution in [2.45, 2.75) is 39.5 Å². The molecule has 1 aromatic rings. The van der Waals surface area contributed by atoms with E-state index in [4.69, 9.17) is 4.74 Å². The van der Waals surface area contributed by atoms with Gasteiger partial charge in [-0.25, -0.2) is 0 Å². The summed E-state index contributed by atoms with van der Waals surface area (Å²) in [5.74, 6) is 0.940. The molecule has 1 amide bonds. The van der Waals surface area contributed by atoms with E-state index < -0.39 is 0 Å². The van der Waals surface area contributed by atoms with E-state index in [9.17, 15) is 4.79 Å². The van der Waals surface area contributed by atoms with E-state index in [2.05, 4.69) is 5.32 Å². The average Bonchev–Trinajstić information content (AvgIpc) is 2.34.